The van der Waals surface area contributed by atoms with Gasteiger partial charge in [0.05, 0.1) is 29.8 Å². The van der Waals surface area contributed by atoms with Crippen molar-refractivity contribution in [1.82, 2.24) is 29.9 Å². The number of benzene rings is 1. The van der Waals surface area contributed by atoms with Gasteiger partial charge in [0.25, 0.3) is 17.6 Å². The lowest BCUT2D eigenvalue weighted by atomic mass is 10.1. The summed E-state index contributed by atoms with van der Waals surface area (Å²) in [4.78, 5) is 53.4. The molecule has 1 aliphatic rings. The molecule has 0 saturated carbocycles. The van der Waals surface area contributed by atoms with Gasteiger partial charge in [-0.15, -0.1) is 0 Å². The summed E-state index contributed by atoms with van der Waals surface area (Å²) in [6.45, 7) is 1.21. The molecule has 1 saturated heterocycles. The number of nitrogens with one attached hydrogen (secondary N) is 1. The summed E-state index contributed by atoms with van der Waals surface area (Å²) in [7, 11) is 1.45. The molecule has 1 aromatic carbocycles. The summed E-state index contributed by atoms with van der Waals surface area (Å²) < 4.78 is 10.2. The lowest BCUT2D eigenvalue weighted by molar-refractivity contribution is -0.127. The molecule has 4 aromatic rings. The number of carbonyl (C=O) groups excluding carboxylic acids is 3. The smallest absolute Gasteiger partial charge is 0.295 e. The van der Waals surface area contributed by atoms with Gasteiger partial charge < -0.3 is 24.0 Å². The number of aromatic amines is 1. The Bertz CT molecular complexity index is 1360. The zero-order chi connectivity index (χ0) is 23.7. The van der Waals surface area contributed by atoms with Crippen LogP contribution in [0.5, 0.6) is 5.75 Å². The summed E-state index contributed by atoms with van der Waals surface area (Å²) in [5, 5.41) is 4.21. The Hall–Kier alpha value is -4.54. The molecule has 0 bridgehead atoms. The van der Waals surface area contributed by atoms with Gasteiger partial charge in [0.1, 0.15) is 11.4 Å². The minimum atomic E-state index is -0.683. The van der Waals surface area contributed by atoms with Crippen LogP contribution in [0.1, 0.15) is 20.7 Å². The Morgan fingerprint density at radius 2 is 1.76 bits per heavy atom. The van der Waals surface area contributed by atoms with E-state index in [2.05, 4.69) is 20.1 Å². The van der Waals surface area contributed by atoms with Crippen LogP contribution in [0.3, 0.4) is 0 Å². The van der Waals surface area contributed by atoms with Crippen LogP contribution < -0.4 is 4.74 Å². The van der Waals surface area contributed by atoms with Crippen molar-refractivity contribution >= 4 is 28.5 Å². The fourth-order valence-corrected chi connectivity index (χ4v) is 4.03. The number of rotatable bonds is 5. The second kappa shape index (κ2) is 8.77. The van der Waals surface area contributed by atoms with Crippen molar-refractivity contribution in [3.8, 4) is 17.3 Å². The molecule has 34 heavy (non-hydrogen) atoms. The number of methoxy groups -OCH3 is 1. The number of ether oxygens (including phenoxy) is 1. The average molecular weight is 460 g/mol. The molecule has 1 fully saturated rings. The van der Waals surface area contributed by atoms with Crippen molar-refractivity contribution in [3.63, 3.8) is 0 Å². The van der Waals surface area contributed by atoms with E-state index in [0.29, 0.717) is 41.0 Å². The zero-order valence-corrected chi connectivity index (χ0v) is 18.2. The van der Waals surface area contributed by atoms with E-state index in [4.69, 9.17) is 9.26 Å². The maximum absolute atomic E-state index is 13.2. The van der Waals surface area contributed by atoms with Crippen LogP contribution in [0.25, 0.3) is 22.4 Å². The van der Waals surface area contributed by atoms with Crippen LogP contribution in [-0.2, 0) is 4.79 Å². The van der Waals surface area contributed by atoms with E-state index in [-0.39, 0.29) is 30.4 Å². The highest BCUT2D eigenvalue weighted by molar-refractivity contribution is 6.45. The van der Waals surface area contributed by atoms with E-state index in [1.54, 1.807) is 29.2 Å². The minimum absolute atomic E-state index is 0.0955. The molecule has 3 aromatic heterocycles. The third-order valence-electron chi connectivity index (χ3n) is 5.78. The minimum Gasteiger partial charge on any atom is -0.494 e. The normalized spacial score (nSPS) is 13.8. The van der Waals surface area contributed by atoms with Crippen molar-refractivity contribution in [2.75, 3.05) is 33.3 Å². The second-order valence-electron chi connectivity index (χ2n) is 7.66. The third-order valence-corrected chi connectivity index (χ3v) is 5.78. The number of amides is 2. The summed E-state index contributed by atoms with van der Waals surface area (Å²) in [5.74, 6) is -0.857. The van der Waals surface area contributed by atoms with Gasteiger partial charge in [-0.25, -0.2) is 4.98 Å². The van der Waals surface area contributed by atoms with Crippen LogP contribution in [0, 0.1) is 0 Å². The topological polar surface area (TPSA) is 135 Å². The number of pyridine rings is 1. The maximum atomic E-state index is 13.2. The van der Waals surface area contributed by atoms with Gasteiger partial charge in [-0.05, 0) is 12.1 Å². The van der Waals surface area contributed by atoms with E-state index >= 15 is 0 Å². The summed E-state index contributed by atoms with van der Waals surface area (Å²) >= 11 is 0. The number of carbonyl (C=O) groups is 3. The molecule has 11 heteroatoms. The van der Waals surface area contributed by atoms with Gasteiger partial charge in [-0.1, -0.05) is 23.4 Å². The lowest BCUT2D eigenvalue weighted by Gasteiger charge is -2.34. The summed E-state index contributed by atoms with van der Waals surface area (Å²) in [6, 6.07) is 8.97. The first-order chi connectivity index (χ1) is 16.6. The first-order valence-electron chi connectivity index (χ1n) is 10.6. The molecule has 0 aliphatic carbocycles. The highest BCUT2D eigenvalue weighted by Gasteiger charge is 2.31. The Morgan fingerprint density at radius 1 is 1.03 bits per heavy atom. The molecule has 11 nitrogen and oxygen atoms in total. The van der Waals surface area contributed by atoms with E-state index in [0.717, 1.165) is 0 Å². The molecule has 172 valence electrons. The number of ketones is 1. The van der Waals surface area contributed by atoms with Crippen LogP contribution in [-0.4, -0.2) is 80.8 Å². The van der Waals surface area contributed by atoms with E-state index in [1.807, 2.05) is 6.07 Å². The first kappa shape index (κ1) is 21.3. The Labute approximate surface area is 193 Å². The number of H-pyrrole nitrogens is 1. The van der Waals surface area contributed by atoms with Gasteiger partial charge in [0, 0.05) is 37.9 Å². The van der Waals surface area contributed by atoms with Crippen LogP contribution in [0.2, 0.25) is 0 Å². The van der Waals surface area contributed by atoms with E-state index < -0.39 is 11.7 Å². The van der Waals surface area contributed by atoms with Gasteiger partial charge in [0.2, 0.25) is 12.2 Å². The Kier molecular flexibility index (Phi) is 5.50. The van der Waals surface area contributed by atoms with Crippen molar-refractivity contribution in [1.29, 1.82) is 0 Å². The largest absolute Gasteiger partial charge is 0.494 e. The van der Waals surface area contributed by atoms with Gasteiger partial charge in [0.15, 0.2) is 0 Å². The first-order valence-corrected chi connectivity index (χ1v) is 10.6. The molecule has 0 unspecified atom stereocenters. The number of aromatic nitrogens is 4. The number of hydrogen-bond donors (Lipinski definition) is 1. The maximum Gasteiger partial charge on any atom is 0.295 e. The highest BCUT2D eigenvalue weighted by atomic mass is 16.5. The fraction of sp³-hybridized carbons (Fsp3) is 0.217. The Balaban J connectivity index is 1.36. The third kappa shape index (κ3) is 3.66. The number of piperazine rings is 1. The molecule has 1 N–H and O–H groups in total. The van der Waals surface area contributed by atoms with Crippen molar-refractivity contribution < 1.29 is 23.6 Å². The average Bonchev–Trinajstić information content (AvgIpc) is 3.58. The fourth-order valence-electron chi connectivity index (χ4n) is 4.03. The molecule has 2 amide bonds. The lowest BCUT2D eigenvalue weighted by Crippen LogP contribution is -2.52. The molecule has 0 radical (unpaired) electrons. The predicted molar refractivity (Wildman–Crippen MR) is 119 cm³/mol. The van der Waals surface area contributed by atoms with E-state index in [9.17, 15) is 14.4 Å². The van der Waals surface area contributed by atoms with Gasteiger partial charge in [-0.2, -0.15) is 4.98 Å². The number of nitrogens with zero attached hydrogens (tertiary/aromatic N) is 5. The summed E-state index contributed by atoms with van der Waals surface area (Å²) in [5.41, 5.74) is 1.57. The molecule has 4 heterocycles. The molecule has 0 atom stereocenters. The van der Waals surface area contributed by atoms with Crippen LogP contribution in [0.4, 0.5) is 0 Å². The van der Waals surface area contributed by atoms with Gasteiger partial charge in [-0.3, -0.25) is 14.4 Å². The number of hydrogen-bond acceptors (Lipinski definition) is 8. The van der Waals surface area contributed by atoms with Gasteiger partial charge >= 0.3 is 0 Å². The summed E-state index contributed by atoms with van der Waals surface area (Å²) in [6.07, 6.45) is 4.07. The number of fused-ring (bicyclic) bond motifs is 1. The SMILES string of the molecule is COc1cnc(-c2ncon2)c2[nH]cc(C(=O)C(=O)N3CCN(C(=O)c4ccccc4)CC3)c12. The Morgan fingerprint density at radius 3 is 2.44 bits per heavy atom. The molecular formula is C23H20N6O5. The standard InChI is InChI=1S/C23H20N6O5/c1-33-16-12-25-19(21-26-13-34-27-21)18-17(16)15(11-24-18)20(30)23(32)29-9-7-28(8-10-29)22(31)14-5-3-2-4-6-14/h2-6,11-13,24H,7-10H2,1H3. The monoisotopic (exact) mass is 460 g/mol. The van der Waals surface area contributed by atoms with Crippen LogP contribution >= 0.6 is 0 Å². The quantitative estimate of drug-likeness (QED) is 0.352. The van der Waals surface area contributed by atoms with Crippen molar-refractivity contribution in [2.45, 2.75) is 0 Å². The molecular weight excluding hydrogens is 440 g/mol. The zero-order valence-electron chi connectivity index (χ0n) is 18.2. The molecule has 0 spiro atoms. The van der Waals surface area contributed by atoms with Crippen molar-refractivity contribution in [2.24, 2.45) is 0 Å². The van der Waals surface area contributed by atoms with E-state index in [1.165, 1.54) is 30.8 Å². The molecule has 1 aliphatic heterocycles. The van der Waals surface area contributed by atoms with Crippen LogP contribution in [0.15, 0.2) is 53.6 Å². The molecule has 5 rings (SSSR count). The van der Waals surface area contributed by atoms with Crippen molar-refractivity contribution in [3.05, 3.63) is 60.2 Å². The highest BCUT2D eigenvalue weighted by Crippen LogP contribution is 2.33. The number of Topliss-reactive ketones (excluding diaryl/α,β-unsaturated/α-hetero) is 1. The predicted octanol–water partition coefficient (Wildman–Crippen LogP) is 1.79. The second-order valence-corrected chi connectivity index (χ2v) is 7.66.